The van der Waals surface area contributed by atoms with E-state index in [9.17, 15) is 14.0 Å². The zero-order chi connectivity index (χ0) is 20.5. The number of hydrogen-bond donors (Lipinski definition) is 2. The average Bonchev–Trinajstić information content (AvgIpc) is 3.48. The van der Waals surface area contributed by atoms with Gasteiger partial charge >= 0.3 is 12.1 Å². The normalized spacial score (nSPS) is 19.3. The minimum Gasteiger partial charge on any atom is -0.358 e. The van der Waals surface area contributed by atoms with Crippen LogP contribution in [0.2, 0.25) is 5.02 Å². The lowest BCUT2D eigenvalue weighted by Gasteiger charge is -2.39. The Morgan fingerprint density at radius 3 is 2.86 bits per heavy atom. The molecule has 4 rings (SSSR count). The van der Waals surface area contributed by atoms with Gasteiger partial charge in [0, 0.05) is 37.6 Å². The summed E-state index contributed by atoms with van der Waals surface area (Å²) in [5, 5.41) is 9.91. The van der Waals surface area contributed by atoms with Crippen molar-refractivity contribution in [3.8, 4) is 0 Å². The van der Waals surface area contributed by atoms with Gasteiger partial charge in [-0.05, 0) is 31.7 Å². The second-order valence-corrected chi connectivity index (χ2v) is 7.89. The number of fused-ring (bicyclic) bond motifs is 1. The first-order valence-corrected chi connectivity index (χ1v) is 10.1. The molecule has 1 aliphatic heterocycles. The lowest BCUT2D eigenvalue weighted by Crippen LogP contribution is -2.56. The Morgan fingerprint density at radius 2 is 2.14 bits per heavy atom. The third kappa shape index (κ3) is 4.10. The van der Waals surface area contributed by atoms with Crippen LogP contribution in [0.5, 0.6) is 0 Å². The van der Waals surface area contributed by atoms with Crippen molar-refractivity contribution in [2.75, 3.05) is 20.1 Å². The van der Waals surface area contributed by atoms with E-state index < -0.39 is 5.82 Å². The Bertz CT molecular complexity index is 932. The minimum absolute atomic E-state index is 0.0237. The maximum absolute atomic E-state index is 13.6. The molecule has 1 saturated heterocycles. The van der Waals surface area contributed by atoms with Gasteiger partial charge < -0.3 is 25.0 Å². The van der Waals surface area contributed by atoms with Crippen LogP contribution in [0.3, 0.4) is 0 Å². The fourth-order valence-electron chi connectivity index (χ4n) is 3.87. The van der Waals surface area contributed by atoms with Gasteiger partial charge in [-0.15, -0.1) is 0 Å². The average molecular weight is 424 g/mol. The van der Waals surface area contributed by atoms with E-state index in [1.54, 1.807) is 11.9 Å². The summed E-state index contributed by atoms with van der Waals surface area (Å²) in [4.78, 5) is 28.6. The van der Waals surface area contributed by atoms with Crippen molar-refractivity contribution in [1.29, 1.82) is 0 Å². The molecule has 2 heterocycles. The number of urea groups is 2. The molecule has 29 heavy (non-hydrogen) atoms. The van der Waals surface area contributed by atoms with E-state index >= 15 is 0 Å². The number of nitrogens with zero attached hydrogens (tertiary/aromatic N) is 3. The molecule has 1 aromatic heterocycles. The van der Waals surface area contributed by atoms with Crippen molar-refractivity contribution in [1.82, 2.24) is 25.6 Å². The Balaban J connectivity index is 1.45. The monoisotopic (exact) mass is 423 g/mol. The van der Waals surface area contributed by atoms with Crippen LogP contribution in [-0.4, -0.2) is 59.2 Å². The van der Waals surface area contributed by atoms with Crippen molar-refractivity contribution in [2.24, 2.45) is 0 Å². The zero-order valence-electron chi connectivity index (χ0n) is 16.1. The topological polar surface area (TPSA) is 90.7 Å². The SMILES string of the molecule is CNC(=O)N1CCC[C@@H](N(C(=O)NCc2onc3cc(F)c(Cl)cc23)C2CC2)C1. The zero-order valence-corrected chi connectivity index (χ0v) is 16.8. The van der Waals surface area contributed by atoms with Crippen LogP contribution >= 0.6 is 11.6 Å². The van der Waals surface area contributed by atoms with Gasteiger partial charge in [0.2, 0.25) is 0 Å². The molecule has 2 fully saturated rings. The Kier molecular flexibility index (Phi) is 5.49. The Hall–Kier alpha value is -2.55. The first-order chi connectivity index (χ1) is 14.0. The number of hydrogen-bond acceptors (Lipinski definition) is 4. The maximum Gasteiger partial charge on any atom is 0.318 e. The van der Waals surface area contributed by atoms with E-state index in [-0.39, 0.29) is 35.7 Å². The summed E-state index contributed by atoms with van der Waals surface area (Å²) in [5.41, 5.74) is 0.351. The van der Waals surface area contributed by atoms with Crippen LogP contribution in [0, 0.1) is 5.82 Å². The highest BCUT2D eigenvalue weighted by Gasteiger charge is 2.39. The van der Waals surface area contributed by atoms with E-state index in [0.29, 0.717) is 29.8 Å². The van der Waals surface area contributed by atoms with Crippen LogP contribution in [0.1, 0.15) is 31.4 Å². The largest absolute Gasteiger partial charge is 0.358 e. The van der Waals surface area contributed by atoms with Crippen LogP contribution in [0.4, 0.5) is 14.0 Å². The van der Waals surface area contributed by atoms with Gasteiger partial charge in [0.25, 0.3) is 0 Å². The van der Waals surface area contributed by atoms with Crippen molar-refractivity contribution in [3.63, 3.8) is 0 Å². The third-order valence-electron chi connectivity index (χ3n) is 5.46. The summed E-state index contributed by atoms with van der Waals surface area (Å²) in [5.74, 6) is -0.150. The first-order valence-electron chi connectivity index (χ1n) is 9.74. The molecule has 0 spiro atoms. The molecule has 1 atom stereocenters. The van der Waals surface area contributed by atoms with Crippen LogP contribution in [0.25, 0.3) is 10.9 Å². The highest BCUT2D eigenvalue weighted by atomic mass is 35.5. The summed E-state index contributed by atoms with van der Waals surface area (Å²) in [6.07, 6.45) is 3.64. The summed E-state index contributed by atoms with van der Waals surface area (Å²) in [7, 11) is 1.61. The second kappa shape index (κ2) is 8.06. The van der Waals surface area contributed by atoms with Crippen LogP contribution < -0.4 is 10.6 Å². The number of piperidine rings is 1. The fourth-order valence-corrected chi connectivity index (χ4v) is 4.03. The number of carbonyl (C=O) groups excluding carboxylic acids is 2. The van der Waals surface area contributed by atoms with Crippen LogP contribution in [-0.2, 0) is 6.54 Å². The van der Waals surface area contributed by atoms with Crippen molar-refractivity contribution >= 4 is 34.6 Å². The van der Waals surface area contributed by atoms with Crippen molar-refractivity contribution < 1.29 is 18.5 Å². The Morgan fingerprint density at radius 1 is 1.34 bits per heavy atom. The van der Waals surface area contributed by atoms with Gasteiger partial charge in [-0.2, -0.15) is 0 Å². The highest BCUT2D eigenvalue weighted by molar-refractivity contribution is 6.31. The fraction of sp³-hybridized carbons (Fsp3) is 0.526. The molecule has 0 unspecified atom stereocenters. The molecular weight excluding hydrogens is 401 g/mol. The van der Waals surface area contributed by atoms with Gasteiger partial charge in [0.15, 0.2) is 5.76 Å². The van der Waals surface area contributed by atoms with Gasteiger partial charge in [-0.3, -0.25) is 0 Å². The van der Waals surface area contributed by atoms with Gasteiger partial charge in [-0.1, -0.05) is 16.8 Å². The van der Waals surface area contributed by atoms with Crippen molar-refractivity contribution in [3.05, 3.63) is 28.7 Å². The first kappa shape index (κ1) is 19.8. The molecule has 4 amide bonds. The molecule has 2 aromatic rings. The van der Waals surface area contributed by atoms with Gasteiger partial charge in [0.1, 0.15) is 11.3 Å². The van der Waals surface area contributed by atoms with E-state index in [0.717, 1.165) is 25.7 Å². The molecule has 1 aromatic carbocycles. The van der Waals surface area contributed by atoms with E-state index in [1.807, 2.05) is 4.90 Å². The molecule has 10 heteroatoms. The Labute approximate surface area is 172 Å². The number of likely N-dealkylation sites (tertiary alicyclic amines) is 1. The predicted octanol–water partition coefficient (Wildman–Crippen LogP) is 3.10. The molecule has 1 saturated carbocycles. The predicted molar refractivity (Wildman–Crippen MR) is 105 cm³/mol. The number of carbonyl (C=O) groups is 2. The minimum atomic E-state index is -0.569. The summed E-state index contributed by atoms with van der Waals surface area (Å²) >= 11 is 5.85. The molecule has 8 nitrogen and oxygen atoms in total. The quantitative estimate of drug-likeness (QED) is 0.790. The molecule has 0 bridgehead atoms. The molecule has 156 valence electrons. The second-order valence-electron chi connectivity index (χ2n) is 7.48. The van der Waals surface area contributed by atoms with Crippen LogP contribution in [0.15, 0.2) is 16.7 Å². The number of aromatic nitrogens is 1. The highest BCUT2D eigenvalue weighted by Crippen LogP contribution is 2.32. The molecular formula is C19H23ClFN5O3. The van der Waals surface area contributed by atoms with E-state index in [1.165, 1.54) is 12.1 Å². The molecule has 2 N–H and O–H groups in total. The molecule has 2 aliphatic rings. The van der Waals surface area contributed by atoms with Crippen molar-refractivity contribution in [2.45, 2.75) is 44.3 Å². The lowest BCUT2D eigenvalue weighted by molar-refractivity contribution is 0.115. The smallest absolute Gasteiger partial charge is 0.318 e. The lowest BCUT2D eigenvalue weighted by atomic mass is 10.0. The number of benzene rings is 1. The number of halogens is 2. The maximum atomic E-state index is 13.6. The molecule has 0 radical (unpaired) electrons. The van der Waals surface area contributed by atoms with Gasteiger partial charge in [0.05, 0.1) is 17.6 Å². The summed E-state index contributed by atoms with van der Waals surface area (Å²) in [6.45, 7) is 1.33. The number of nitrogens with one attached hydrogen (secondary N) is 2. The van der Waals surface area contributed by atoms with E-state index in [4.69, 9.17) is 16.1 Å². The van der Waals surface area contributed by atoms with Gasteiger partial charge in [-0.25, -0.2) is 14.0 Å². The number of amides is 4. The standard InChI is InChI=1S/C19H23ClFN5O3/c1-22-18(27)25-6-2-3-12(10-25)26(11-4-5-11)19(28)23-9-17-13-7-14(20)15(21)8-16(13)24-29-17/h7-8,11-12H,2-6,9-10H2,1H3,(H,22,27)(H,23,28)/t12-/m1/s1. The third-order valence-corrected chi connectivity index (χ3v) is 5.75. The summed E-state index contributed by atoms with van der Waals surface area (Å²) in [6, 6.07) is 2.50. The summed E-state index contributed by atoms with van der Waals surface area (Å²) < 4.78 is 18.8. The molecule has 1 aliphatic carbocycles. The van der Waals surface area contributed by atoms with E-state index in [2.05, 4.69) is 15.8 Å². The number of rotatable bonds is 4.